The van der Waals surface area contributed by atoms with Crippen LogP contribution in [0.2, 0.25) is 5.02 Å². The zero-order valence-electron chi connectivity index (χ0n) is 15.1. The lowest BCUT2D eigenvalue weighted by molar-refractivity contribution is 0.102. The molecule has 0 atom stereocenters. The smallest absolute Gasteiger partial charge is 0.258 e. The molecule has 1 N–H and O–H groups in total. The molecule has 0 spiro atoms. The summed E-state index contributed by atoms with van der Waals surface area (Å²) in [4.78, 5) is 16.7. The second-order valence-electron chi connectivity index (χ2n) is 6.27. The van der Waals surface area contributed by atoms with E-state index in [0.717, 1.165) is 22.5 Å². The number of halogens is 1. The van der Waals surface area contributed by atoms with Crippen molar-refractivity contribution in [1.29, 1.82) is 0 Å². The Morgan fingerprint density at radius 2 is 1.71 bits per heavy atom. The minimum Gasteiger partial charge on any atom is -0.307 e. The van der Waals surface area contributed by atoms with Gasteiger partial charge < -0.3 is 5.32 Å². The van der Waals surface area contributed by atoms with Crippen LogP contribution >= 0.6 is 11.6 Å². The van der Waals surface area contributed by atoms with Crippen LogP contribution in [0.3, 0.4) is 0 Å². The second-order valence-corrected chi connectivity index (χ2v) is 6.68. The van der Waals surface area contributed by atoms with Crippen molar-refractivity contribution in [3.8, 4) is 22.5 Å². The summed E-state index contributed by atoms with van der Waals surface area (Å²) < 4.78 is 1.82. The van der Waals surface area contributed by atoms with Crippen LogP contribution in [0.15, 0.2) is 79.0 Å². The second kappa shape index (κ2) is 7.66. The molecule has 0 bridgehead atoms. The fraction of sp³-hybridized carbons (Fsp3) is 0.0455. The monoisotopic (exact) mass is 388 g/mol. The summed E-state index contributed by atoms with van der Waals surface area (Å²) in [6.07, 6.45) is 1.72. The molecule has 4 aromatic rings. The largest absolute Gasteiger partial charge is 0.307 e. The van der Waals surface area contributed by atoms with Crippen molar-refractivity contribution in [2.75, 3.05) is 5.32 Å². The van der Waals surface area contributed by atoms with E-state index in [2.05, 4.69) is 15.4 Å². The molecule has 4 rings (SSSR count). The quantitative estimate of drug-likeness (QED) is 0.532. The van der Waals surface area contributed by atoms with Crippen LogP contribution in [0, 0.1) is 0 Å². The Kier molecular flexibility index (Phi) is 4.91. The number of aromatic nitrogens is 3. The highest BCUT2D eigenvalue weighted by Gasteiger charge is 2.12. The van der Waals surface area contributed by atoms with Gasteiger partial charge in [-0.1, -0.05) is 54.1 Å². The summed E-state index contributed by atoms with van der Waals surface area (Å²) in [7, 11) is 1.90. The number of nitrogens with one attached hydrogen (secondary N) is 1. The summed E-state index contributed by atoms with van der Waals surface area (Å²) in [5, 5.41) is 7.75. The maximum Gasteiger partial charge on any atom is 0.258 e. The van der Waals surface area contributed by atoms with E-state index in [1.165, 1.54) is 0 Å². The molecule has 5 nitrogen and oxygen atoms in total. The van der Waals surface area contributed by atoms with Gasteiger partial charge in [0.15, 0.2) is 0 Å². The average Bonchev–Trinajstić information content (AvgIpc) is 3.11. The van der Waals surface area contributed by atoms with Gasteiger partial charge in [0.1, 0.15) is 5.82 Å². The Morgan fingerprint density at radius 3 is 2.43 bits per heavy atom. The van der Waals surface area contributed by atoms with Gasteiger partial charge in [0.2, 0.25) is 0 Å². The first-order valence-corrected chi connectivity index (χ1v) is 9.11. The third-order valence-electron chi connectivity index (χ3n) is 4.37. The Balaban J connectivity index is 1.55. The fourth-order valence-corrected chi connectivity index (χ4v) is 3.16. The fourth-order valence-electron chi connectivity index (χ4n) is 2.94. The van der Waals surface area contributed by atoms with Crippen molar-refractivity contribution in [2.45, 2.75) is 0 Å². The van der Waals surface area contributed by atoms with Gasteiger partial charge in [0.05, 0.1) is 22.0 Å². The van der Waals surface area contributed by atoms with Crippen LogP contribution in [-0.4, -0.2) is 20.7 Å². The summed E-state index contributed by atoms with van der Waals surface area (Å²) in [6, 6.07) is 22.6. The molecule has 2 aromatic heterocycles. The van der Waals surface area contributed by atoms with Gasteiger partial charge in [-0.3, -0.25) is 9.48 Å². The van der Waals surface area contributed by atoms with Crippen LogP contribution < -0.4 is 5.32 Å². The molecule has 1 amide bonds. The molecule has 2 heterocycles. The molecule has 138 valence electrons. The Labute approximate surface area is 167 Å². The SMILES string of the molecule is Cn1nc(-c2ccccc2)cc1-c1ccc(NC(=O)c2ccccc2Cl)nc1. The first-order valence-electron chi connectivity index (χ1n) is 8.73. The van der Waals surface area contributed by atoms with E-state index in [0.29, 0.717) is 16.4 Å². The first kappa shape index (κ1) is 17.9. The number of aryl methyl sites for hydroxylation is 1. The van der Waals surface area contributed by atoms with Gasteiger partial charge in [-0.05, 0) is 30.3 Å². The maximum atomic E-state index is 12.4. The molecule has 2 aromatic carbocycles. The summed E-state index contributed by atoms with van der Waals surface area (Å²) in [6.45, 7) is 0. The van der Waals surface area contributed by atoms with E-state index in [1.807, 2.05) is 54.2 Å². The van der Waals surface area contributed by atoms with Gasteiger partial charge in [-0.15, -0.1) is 0 Å². The predicted molar refractivity (Wildman–Crippen MR) is 111 cm³/mol. The highest BCUT2D eigenvalue weighted by Crippen LogP contribution is 2.26. The molecular weight excluding hydrogens is 372 g/mol. The van der Waals surface area contributed by atoms with Crippen LogP contribution in [-0.2, 0) is 7.05 Å². The number of anilines is 1. The van der Waals surface area contributed by atoms with E-state index >= 15 is 0 Å². The lowest BCUT2D eigenvalue weighted by Crippen LogP contribution is -2.13. The zero-order chi connectivity index (χ0) is 19.5. The van der Waals surface area contributed by atoms with E-state index in [-0.39, 0.29) is 5.91 Å². The summed E-state index contributed by atoms with van der Waals surface area (Å²) >= 11 is 6.07. The van der Waals surface area contributed by atoms with Crippen molar-refractivity contribution in [1.82, 2.24) is 14.8 Å². The number of carbonyl (C=O) groups excluding carboxylic acids is 1. The van der Waals surface area contributed by atoms with Gasteiger partial charge in [-0.2, -0.15) is 5.10 Å². The van der Waals surface area contributed by atoms with Crippen LogP contribution in [0.4, 0.5) is 5.82 Å². The minimum absolute atomic E-state index is 0.294. The molecular formula is C22H17ClN4O. The number of carbonyl (C=O) groups is 1. The van der Waals surface area contributed by atoms with Crippen molar-refractivity contribution in [3.63, 3.8) is 0 Å². The molecule has 28 heavy (non-hydrogen) atoms. The van der Waals surface area contributed by atoms with Crippen molar-refractivity contribution in [3.05, 3.63) is 89.6 Å². The molecule has 0 aliphatic rings. The van der Waals surface area contributed by atoms with Crippen molar-refractivity contribution >= 4 is 23.3 Å². The molecule has 0 aliphatic carbocycles. The first-order chi connectivity index (χ1) is 13.6. The Hall–Kier alpha value is -3.44. The topological polar surface area (TPSA) is 59.8 Å². The average molecular weight is 389 g/mol. The van der Waals surface area contributed by atoms with Gasteiger partial charge in [0.25, 0.3) is 5.91 Å². The molecule has 0 saturated heterocycles. The Bertz CT molecular complexity index is 1120. The standard InChI is InChI=1S/C22H17ClN4O/c1-27-20(13-19(26-27)15-7-3-2-4-8-15)16-11-12-21(24-14-16)25-22(28)17-9-5-6-10-18(17)23/h2-14H,1H3,(H,24,25,28). The number of rotatable bonds is 4. The number of nitrogens with zero attached hydrogens (tertiary/aromatic N) is 3. The van der Waals surface area contributed by atoms with E-state index in [1.54, 1.807) is 36.5 Å². The molecule has 0 fully saturated rings. The molecule has 0 saturated carbocycles. The van der Waals surface area contributed by atoms with Crippen LogP contribution in [0.25, 0.3) is 22.5 Å². The van der Waals surface area contributed by atoms with E-state index in [9.17, 15) is 4.79 Å². The molecule has 0 radical (unpaired) electrons. The van der Waals surface area contributed by atoms with Gasteiger partial charge >= 0.3 is 0 Å². The zero-order valence-corrected chi connectivity index (χ0v) is 15.9. The summed E-state index contributed by atoms with van der Waals surface area (Å²) in [5.74, 6) is 0.164. The van der Waals surface area contributed by atoms with Crippen molar-refractivity contribution < 1.29 is 4.79 Å². The third kappa shape index (κ3) is 3.66. The highest BCUT2D eigenvalue weighted by molar-refractivity contribution is 6.34. The van der Waals surface area contributed by atoms with Crippen molar-refractivity contribution in [2.24, 2.45) is 7.05 Å². The Morgan fingerprint density at radius 1 is 0.964 bits per heavy atom. The van der Waals surface area contributed by atoms with E-state index in [4.69, 9.17) is 11.6 Å². The van der Waals surface area contributed by atoms with E-state index < -0.39 is 0 Å². The van der Waals surface area contributed by atoms with Crippen LogP contribution in [0.5, 0.6) is 0 Å². The number of amides is 1. The maximum absolute atomic E-state index is 12.4. The number of hydrogen-bond acceptors (Lipinski definition) is 3. The molecule has 0 unspecified atom stereocenters. The number of hydrogen-bond donors (Lipinski definition) is 1. The number of benzene rings is 2. The minimum atomic E-state index is -0.294. The lowest BCUT2D eigenvalue weighted by atomic mass is 10.1. The van der Waals surface area contributed by atoms with Gasteiger partial charge in [-0.25, -0.2) is 4.98 Å². The molecule has 6 heteroatoms. The highest BCUT2D eigenvalue weighted by atomic mass is 35.5. The third-order valence-corrected chi connectivity index (χ3v) is 4.70. The van der Waals surface area contributed by atoms with Gasteiger partial charge in [0, 0.05) is 24.4 Å². The predicted octanol–water partition coefficient (Wildman–Crippen LogP) is 5.05. The summed E-state index contributed by atoms with van der Waals surface area (Å²) in [5.41, 5.74) is 4.22. The molecule has 0 aliphatic heterocycles. The normalized spacial score (nSPS) is 10.6. The lowest BCUT2D eigenvalue weighted by Gasteiger charge is -2.07. The number of pyridine rings is 1. The van der Waals surface area contributed by atoms with Crippen LogP contribution in [0.1, 0.15) is 10.4 Å².